The topological polar surface area (TPSA) is 66.2 Å². The van der Waals surface area contributed by atoms with E-state index < -0.39 is 0 Å². The first-order valence-corrected chi connectivity index (χ1v) is 12.5. The number of carbonyl (C=O) groups is 1. The van der Waals surface area contributed by atoms with Crippen molar-refractivity contribution in [2.75, 3.05) is 26.0 Å². The molecule has 2 heterocycles. The number of hydrogen-bond acceptors (Lipinski definition) is 5. The number of hydrogen-bond donors (Lipinski definition) is 0. The fourth-order valence-corrected chi connectivity index (χ4v) is 5.48. The summed E-state index contributed by atoms with van der Waals surface area (Å²) in [6, 6.07) is 21.9. The number of benzene rings is 2. The van der Waals surface area contributed by atoms with Crippen LogP contribution in [0.4, 0.5) is 0 Å². The summed E-state index contributed by atoms with van der Waals surface area (Å²) < 4.78 is 5.29. The van der Waals surface area contributed by atoms with Crippen LogP contribution in [0.2, 0.25) is 0 Å². The molecule has 0 aliphatic carbocycles. The number of methoxy groups -OCH3 is 1. The minimum Gasteiger partial charge on any atom is -0.497 e. The summed E-state index contributed by atoms with van der Waals surface area (Å²) in [5.41, 5.74) is 3.95. The van der Waals surface area contributed by atoms with Crippen molar-refractivity contribution in [3.05, 3.63) is 66.2 Å². The van der Waals surface area contributed by atoms with Crippen molar-refractivity contribution < 1.29 is 9.53 Å². The van der Waals surface area contributed by atoms with E-state index in [1.807, 2.05) is 65.6 Å². The summed E-state index contributed by atoms with van der Waals surface area (Å²) in [7, 11) is 1.64. The number of pyridine rings is 1. The number of nitriles is 1. The van der Waals surface area contributed by atoms with Gasteiger partial charge in [0.05, 0.1) is 24.1 Å². The smallest absolute Gasteiger partial charge is 0.233 e. The Bertz CT molecular complexity index is 1180. The fourth-order valence-electron chi connectivity index (χ4n) is 4.58. The molecule has 1 aromatic heterocycles. The normalized spacial score (nSPS) is 17.8. The first-order valence-electron chi connectivity index (χ1n) is 11.5. The van der Waals surface area contributed by atoms with Crippen molar-refractivity contribution in [1.29, 1.82) is 5.26 Å². The third-order valence-corrected chi connectivity index (χ3v) is 7.08. The molecule has 0 unspecified atom stereocenters. The molecule has 0 N–H and O–H groups in total. The van der Waals surface area contributed by atoms with Crippen LogP contribution in [-0.2, 0) is 4.79 Å². The van der Waals surface area contributed by atoms with Crippen molar-refractivity contribution in [3.63, 3.8) is 0 Å². The number of likely N-dealkylation sites (tertiary alicyclic amines) is 1. The molecule has 1 amide bonds. The fraction of sp³-hybridized carbons (Fsp3) is 0.321. The van der Waals surface area contributed by atoms with E-state index in [0.29, 0.717) is 22.4 Å². The SMILES string of the molecule is COc1ccc(-c2cc(-c3ccccc3)c(C#N)c(SCC(=O)N3C[C@H](C)C[C@H](C)C3)n2)cc1. The Labute approximate surface area is 205 Å². The van der Waals surface area contributed by atoms with Gasteiger partial charge < -0.3 is 9.64 Å². The Morgan fingerprint density at radius 3 is 2.38 bits per heavy atom. The van der Waals surface area contributed by atoms with E-state index in [4.69, 9.17) is 9.72 Å². The van der Waals surface area contributed by atoms with Crippen molar-refractivity contribution in [2.24, 2.45) is 11.8 Å². The lowest BCUT2D eigenvalue weighted by Crippen LogP contribution is -2.43. The van der Waals surface area contributed by atoms with E-state index in [1.165, 1.54) is 11.8 Å². The van der Waals surface area contributed by atoms with E-state index in [-0.39, 0.29) is 11.7 Å². The third-order valence-electron chi connectivity index (χ3n) is 6.12. The summed E-state index contributed by atoms with van der Waals surface area (Å²) in [6.07, 6.45) is 1.15. The summed E-state index contributed by atoms with van der Waals surface area (Å²) >= 11 is 1.35. The van der Waals surface area contributed by atoms with Crippen LogP contribution in [0.5, 0.6) is 5.75 Å². The molecule has 6 heteroatoms. The van der Waals surface area contributed by atoms with Crippen molar-refractivity contribution in [2.45, 2.75) is 25.3 Å². The molecule has 1 aliphatic heterocycles. The van der Waals surface area contributed by atoms with Crippen molar-refractivity contribution >= 4 is 17.7 Å². The van der Waals surface area contributed by atoms with Gasteiger partial charge in [-0.2, -0.15) is 5.26 Å². The van der Waals surface area contributed by atoms with Gasteiger partial charge in [-0.25, -0.2) is 4.98 Å². The monoisotopic (exact) mass is 471 g/mol. The highest BCUT2D eigenvalue weighted by Crippen LogP contribution is 2.35. The average Bonchev–Trinajstić information content (AvgIpc) is 2.86. The average molecular weight is 472 g/mol. The molecule has 1 fully saturated rings. The Morgan fingerprint density at radius 1 is 1.09 bits per heavy atom. The van der Waals surface area contributed by atoms with Crippen LogP contribution in [0.15, 0.2) is 65.7 Å². The highest BCUT2D eigenvalue weighted by Gasteiger charge is 2.26. The molecule has 2 aromatic carbocycles. The minimum absolute atomic E-state index is 0.102. The van der Waals surface area contributed by atoms with Crippen LogP contribution in [0.1, 0.15) is 25.8 Å². The molecule has 174 valence electrons. The van der Waals surface area contributed by atoms with E-state index in [9.17, 15) is 10.1 Å². The second-order valence-corrected chi connectivity index (χ2v) is 9.94. The molecule has 5 nitrogen and oxygen atoms in total. The molecular weight excluding hydrogens is 442 g/mol. The van der Waals surface area contributed by atoms with Gasteiger partial charge in [0.25, 0.3) is 0 Å². The highest BCUT2D eigenvalue weighted by atomic mass is 32.2. The first-order chi connectivity index (χ1) is 16.5. The Balaban J connectivity index is 1.68. The van der Waals surface area contributed by atoms with E-state index in [0.717, 1.165) is 47.6 Å². The van der Waals surface area contributed by atoms with Crippen molar-refractivity contribution in [1.82, 2.24) is 9.88 Å². The highest BCUT2D eigenvalue weighted by molar-refractivity contribution is 8.00. The third kappa shape index (κ3) is 5.43. The van der Waals surface area contributed by atoms with Gasteiger partial charge in [-0.1, -0.05) is 55.9 Å². The molecule has 2 atom stereocenters. The largest absolute Gasteiger partial charge is 0.497 e. The number of amides is 1. The maximum atomic E-state index is 13.0. The summed E-state index contributed by atoms with van der Waals surface area (Å²) in [5, 5.41) is 10.6. The van der Waals surface area contributed by atoms with Gasteiger partial charge >= 0.3 is 0 Å². The summed E-state index contributed by atoms with van der Waals surface area (Å²) in [5.74, 6) is 2.15. The zero-order valence-corrected chi connectivity index (χ0v) is 20.6. The molecule has 1 saturated heterocycles. The second kappa shape index (κ2) is 10.8. The number of carbonyl (C=O) groups excluding carboxylic acids is 1. The zero-order chi connectivity index (χ0) is 24.1. The molecule has 34 heavy (non-hydrogen) atoms. The molecular formula is C28H29N3O2S. The van der Waals surface area contributed by atoms with Gasteiger partial charge in [-0.05, 0) is 54.2 Å². The lowest BCUT2D eigenvalue weighted by atomic mass is 9.92. The van der Waals surface area contributed by atoms with Gasteiger partial charge in [0.2, 0.25) is 5.91 Å². The van der Waals surface area contributed by atoms with Crippen LogP contribution in [0, 0.1) is 23.2 Å². The second-order valence-electron chi connectivity index (χ2n) is 8.97. The van der Waals surface area contributed by atoms with Gasteiger partial charge in [0.1, 0.15) is 16.8 Å². The van der Waals surface area contributed by atoms with Crippen LogP contribution in [-0.4, -0.2) is 41.7 Å². The van der Waals surface area contributed by atoms with Crippen LogP contribution in [0.25, 0.3) is 22.4 Å². The predicted octanol–water partition coefficient (Wildman–Crippen LogP) is 5.89. The molecule has 3 aromatic rings. The number of thioether (sulfide) groups is 1. The van der Waals surface area contributed by atoms with Crippen LogP contribution >= 0.6 is 11.8 Å². The predicted molar refractivity (Wildman–Crippen MR) is 137 cm³/mol. The van der Waals surface area contributed by atoms with Gasteiger partial charge in [0.15, 0.2) is 0 Å². The molecule has 1 aliphatic rings. The number of ether oxygens (including phenoxy) is 1. The Kier molecular flexibility index (Phi) is 7.54. The zero-order valence-electron chi connectivity index (χ0n) is 19.8. The molecule has 0 radical (unpaired) electrons. The lowest BCUT2D eigenvalue weighted by molar-refractivity contribution is -0.130. The Hall–Kier alpha value is -3.30. The maximum Gasteiger partial charge on any atom is 0.233 e. The van der Waals surface area contributed by atoms with Crippen molar-refractivity contribution in [3.8, 4) is 34.2 Å². The van der Waals surface area contributed by atoms with E-state index in [1.54, 1.807) is 7.11 Å². The first kappa shape index (κ1) is 23.8. The number of rotatable bonds is 6. The maximum absolute atomic E-state index is 13.0. The number of piperidine rings is 1. The van der Waals surface area contributed by atoms with Crippen LogP contribution in [0.3, 0.4) is 0 Å². The molecule has 0 spiro atoms. The quantitative estimate of drug-likeness (QED) is 0.419. The number of aromatic nitrogens is 1. The molecule has 0 saturated carbocycles. The summed E-state index contributed by atoms with van der Waals surface area (Å²) in [4.78, 5) is 19.8. The summed E-state index contributed by atoms with van der Waals surface area (Å²) in [6.45, 7) is 5.98. The van der Waals surface area contributed by atoms with Gasteiger partial charge in [-0.15, -0.1) is 0 Å². The van der Waals surface area contributed by atoms with E-state index in [2.05, 4.69) is 19.9 Å². The Morgan fingerprint density at radius 2 is 1.76 bits per heavy atom. The number of nitrogens with zero attached hydrogens (tertiary/aromatic N) is 3. The molecule has 0 bridgehead atoms. The van der Waals surface area contributed by atoms with E-state index >= 15 is 0 Å². The van der Waals surface area contributed by atoms with Gasteiger partial charge in [-0.3, -0.25) is 4.79 Å². The van der Waals surface area contributed by atoms with Crippen LogP contribution < -0.4 is 4.74 Å². The lowest BCUT2D eigenvalue weighted by Gasteiger charge is -2.35. The minimum atomic E-state index is 0.102. The molecule has 4 rings (SSSR count). The standard InChI is InChI=1S/C28H29N3O2S/c1-19-13-20(2)17-31(16-19)27(32)18-34-28-25(15-29)24(21-7-5-4-6-8-21)14-26(30-28)22-9-11-23(33-3)12-10-22/h4-12,14,19-20H,13,16-18H2,1-3H3/t19-,20+. The van der Waals surface area contributed by atoms with Gasteiger partial charge in [0, 0.05) is 24.2 Å².